The minimum Gasteiger partial charge on any atom is -0.329 e. The molecule has 2 N–H and O–H groups in total. The van der Waals surface area contributed by atoms with Crippen LogP contribution in [0, 0.1) is 12.7 Å². The number of carbonyl (C=O) groups is 1. The fraction of sp³-hybridized carbons (Fsp3) is 0.188. The molecule has 0 bridgehead atoms. The van der Waals surface area contributed by atoms with Crippen LogP contribution in [0.4, 0.5) is 10.1 Å². The van der Waals surface area contributed by atoms with Crippen LogP contribution in [0.25, 0.3) is 0 Å². The molecule has 2 aromatic rings. The van der Waals surface area contributed by atoms with Gasteiger partial charge in [-0.05, 0) is 43.3 Å². The van der Waals surface area contributed by atoms with Crippen molar-refractivity contribution in [1.82, 2.24) is 0 Å². The summed E-state index contributed by atoms with van der Waals surface area (Å²) in [6.07, 6.45) is 0. The van der Waals surface area contributed by atoms with Crippen LogP contribution in [-0.2, 0) is 0 Å². The van der Waals surface area contributed by atoms with Gasteiger partial charge in [-0.25, -0.2) is 4.39 Å². The van der Waals surface area contributed by atoms with E-state index in [1.54, 1.807) is 4.90 Å². The number of amides is 1. The molecule has 0 heterocycles. The topological polar surface area (TPSA) is 46.3 Å². The molecule has 0 aliphatic carbocycles. The lowest BCUT2D eigenvalue weighted by Crippen LogP contribution is -2.35. The molecule has 0 aliphatic rings. The van der Waals surface area contributed by atoms with E-state index in [9.17, 15) is 9.18 Å². The van der Waals surface area contributed by atoms with Gasteiger partial charge in [-0.15, -0.1) is 0 Å². The van der Waals surface area contributed by atoms with E-state index in [0.29, 0.717) is 18.7 Å². The molecule has 0 radical (unpaired) electrons. The summed E-state index contributed by atoms with van der Waals surface area (Å²) >= 11 is 0. The first-order chi connectivity index (χ1) is 9.61. The number of halogens is 1. The third kappa shape index (κ3) is 3.22. The van der Waals surface area contributed by atoms with Crippen molar-refractivity contribution in [3.63, 3.8) is 0 Å². The lowest BCUT2D eigenvalue weighted by molar-refractivity contribution is 0.0987. The molecule has 20 heavy (non-hydrogen) atoms. The van der Waals surface area contributed by atoms with Gasteiger partial charge in [-0.3, -0.25) is 4.79 Å². The van der Waals surface area contributed by atoms with Crippen molar-refractivity contribution in [2.24, 2.45) is 5.73 Å². The van der Waals surface area contributed by atoms with Gasteiger partial charge in [0, 0.05) is 24.3 Å². The van der Waals surface area contributed by atoms with Gasteiger partial charge in [0.25, 0.3) is 5.91 Å². The number of aryl methyl sites for hydroxylation is 1. The van der Waals surface area contributed by atoms with E-state index in [-0.39, 0.29) is 11.7 Å². The van der Waals surface area contributed by atoms with Crippen LogP contribution in [-0.4, -0.2) is 19.0 Å². The van der Waals surface area contributed by atoms with Crippen LogP contribution >= 0.6 is 0 Å². The minimum atomic E-state index is -0.359. The van der Waals surface area contributed by atoms with Crippen LogP contribution in [0.1, 0.15) is 15.9 Å². The van der Waals surface area contributed by atoms with Crippen molar-refractivity contribution in [1.29, 1.82) is 0 Å². The Balaban J connectivity index is 2.30. The first-order valence-electron chi connectivity index (χ1n) is 6.46. The van der Waals surface area contributed by atoms with E-state index in [2.05, 4.69) is 0 Å². The summed E-state index contributed by atoms with van der Waals surface area (Å²) < 4.78 is 12.9. The highest BCUT2D eigenvalue weighted by Crippen LogP contribution is 2.18. The maximum Gasteiger partial charge on any atom is 0.258 e. The highest BCUT2D eigenvalue weighted by Gasteiger charge is 2.16. The third-order valence-corrected chi connectivity index (χ3v) is 3.03. The molecule has 2 rings (SSSR count). The smallest absolute Gasteiger partial charge is 0.258 e. The van der Waals surface area contributed by atoms with Gasteiger partial charge in [0.15, 0.2) is 0 Å². The summed E-state index contributed by atoms with van der Waals surface area (Å²) in [6, 6.07) is 13.2. The molecule has 0 saturated carbocycles. The fourth-order valence-electron chi connectivity index (χ4n) is 1.95. The third-order valence-electron chi connectivity index (χ3n) is 3.03. The normalized spacial score (nSPS) is 10.3. The molecule has 0 spiro atoms. The Morgan fingerprint density at radius 3 is 2.25 bits per heavy atom. The number of carbonyl (C=O) groups excluding carboxylic acids is 1. The Bertz CT molecular complexity index is 578. The predicted octanol–water partition coefficient (Wildman–Crippen LogP) is 2.74. The fourth-order valence-corrected chi connectivity index (χ4v) is 1.95. The molecule has 0 aromatic heterocycles. The molecule has 3 nitrogen and oxygen atoms in total. The Kier molecular flexibility index (Phi) is 4.48. The number of hydrogen-bond acceptors (Lipinski definition) is 2. The van der Waals surface area contributed by atoms with Gasteiger partial charge in [0.1, 0.15) is 5.82 Å². The second kappa shape index (κ2) is 6.30. The molecule has 104 valence electrons. The van der Waals surface area contributed by atoms with Crippen molar-refractivity contribution in [3.05, 3.63) is 65.5 Å². The van der Waals surface area contributed by atoms with Crippen LogP contribution in [0.15, 0.2) is 48.5 Å². The van der Waals surface area contributed by atoms with Crippen LogP contribution in [0.3, 0.4) is 0 Å². The summed E-state index contributed by atoms with van der Waals surface area (Å²) in [6.45, 7) is 2.76. The van der Waals surface area contributed by atoms with E-state index >= 15 is 0 Å². The summed E-state index contributed by atoms with van der Waals surface area (Å²) in [5, 5.41) is 0. The Hall–Kier alpha value is -2.20. The maximum absolute atomic E-state index is 12.9. The van der Waals surface area contributed by atoms with Gasteiger partial charge in [0.2, 0.25) is 0 Å². The zero-order valence-electron chi connectivity index (χ0n) is 11.3. The van der Waals surface area contributed by atoms with Gasteiger partial charge in [-0.1, -0.05) is 17.7 Å². The molecular weight excluding hydrogens is 255 g/mol. The summed E-state index contributed by atoms with van der Waals surface area (Å²) in [5.74, 6) is -0.540. The number of anilines is 1. The molecular formula is C16H17FN2O. The van der Waals surface area contributed by atoms with Crippen molar-refractivity contribution in [2.45, 2.75) is 6.92 Å². The summed E-state index contributed by atoms with van der Waals surface area (Å²) in [7, 11) is 0. The number of rotatable bonds is 4. The molecule has 2 aromatic carbocycles. The number of nitrogens with zero attached hydrogens (tertiary/aromatic N) is 1. The first kappa shape index (κ1) is 14.2. The zero-order chi connectivity index (χ0) is 14.5. The van der Waals surface area contributed by atoms with Crippen molar-refractivity contribution >= 4 is 11.6 Å². The minimum absolute atomic E-state index is 0.181. The van der Waals surface area contributed by atoms with E-state index in [4.69, 9.17) is 5.73 Å². The number of benzene rings is 2. The van der Waals surface area contributed by atoms with Gasteiger partial charge in [0.05, 0.1) is 0 Å². The van der Waals surface area contributed by atoms with E-state index < -0.39 is 0 Å². The standard InChI is InChI=1S/C16H17FN2O/c1-12-2-8-15(9-3-12)19(11-10-18)16(20)13-4-6-14(17)7-5-13/h2-9H,10-11,18H2,1H3. The molecule has 1 amide bonds. The Morgan fingerprint density at radius 1 is 1.10 bits per heavy atom. The zero-order valence-corrected chi connectivity index (χ0v) is 11.3. The second-order valence-electron chi connectivity index (χ2n) is 4.59. The van der Waals surface area contributed by atoms with Gasteiger partial charge in [-0.2, -0.15) is 0 Å². The number of nitrogens with two attached hydrogens (primary N) is 1. The van der Waals surface area contributed by atoms with E-state index in [1.165, 1.54) is 24.3 Å². The van der Waals surface area contributed by atoms with Crippen LogP contribution in [0.2, 0.25) is 0 Å². The highest BCUT2D eigenvalue weighted by atomic mass is 19.1. The molecule has 0 unspecified atom stereocenters. The maximum atomic E-state index is 12.9. The second-order valence-corrected chi connectivity index (χ2v) is 4.59. The predicted molar refractivity (Wildman–Crippen MR) is 78.3 cm³/mol. The van der Waals surface area contributed by atoms with Crippen molar-refractivity contribution < 1.29 is 9.18 Å². The molecule has 0 fully saturated rings. The first-order valence-corrected chi connectivity index (χ1v) is 6.46. The lowest BCUT2D eigenvalue weighted by atomic mass is 10.1. The van der Waals surface area contributed by atoms with Crippen LogP contribution in [0.5, 0.6) is 0 Å². The molecule has 0 atom stereocenters. The molecule has 4 heteroatoms. The van der Waals surface area contributed by atoms with Crippen molar-refractivity contribution in [3.8, 4) is 0 Å². The summed E-state index contributed by atoms with van der Waals surface area (Å²) in [4.78, 5) is 14.1. The van der Waals surface area contributed by atoms with Gasteiger partial charge >= 0.3 is 0 Å². The molecule has 0 aliphatic heterocycles. The van der Waals surface area contributed by atoms with Crippen molar-refractivity contribution in [2.75, 3.05) is 18.0 Å². The summed E-state index contributed by atoms with van der Waals surface area (Å²) in [5.41, 5.74) is 7.94. The largest absolute Gasteiger partial charge is 0.329 e. The average molecular weight is 272 g/mol. The Labute approximate surface area is 117 Å². The quantitative estimate of drug-likeness (QED) is 0.930. The van der Waals surface area contributed by atoms with E-state index in [1.807, 2.05) is 31.2 Å². The monoisotopic (exact) mass is 272 g/mol. The SMILES string of the molecule is Cc1ccc(N(CCN)C(=O)c2ccc(F)cc2)cc1. The Morgan fingerprint density at radius 2 is 1.70 bits per heavy atom. The van der Waals surface area contributed by atoms with Gasteiger partial charge < -0.3 is 10.6 Å². The average Bonchev–Trinajstić information content (AvgIpc) is 2.46. The number of hydrogen-bond donors (Lipinski definition) is 1. The lowest BCUT2D eigenvalue weighted by Gasteiger charge is -2.22. The molecule has 0 saturated heterocycles. The highest BCUT2D eigenvalue weighted by molar-refractivity contribution is 6.06. The van der Waals surface area contributed by atoms with Crippen LogP contribution < -0.4 is 10.6 Å². The van der Waals surface area contributed by atoms with E-state index in [0.717, 1.165) is 11.3 Å².